The highest BCUT2D eigenvalue weighted by molar-refractivity contribution is 7.09. The molecule has 0 fully saturated rings. The second-order valence-corrected chi connectivity index (χ2v) is 5.90. The van der Waals surface area contributed by atoms with Crippen LogP contribution in [0.15, 0.2) is 35.7 Å². The van der Waals surface area contributed by atoms with Gasteiger partial charge in [0, 0.05) is 22.2 Å². The first kappa shape index (κ1) is 16.2. The van der Waals surface area contributed by atoms with Gasteiger partial charge in [-0.25, -0.2) is 4.98 Å². The largest absolute Gasteiger partial charge is 0.343 e. The van der Waals surface area contributed by atoms with Gasteiger partial charge >= 0.3 is 0 Å². The number of hydrogen-bond donors (Lipinski definition) is 2. The number of hydrogen-bond acceptors (Lipinski definition) is 4. The minimum Gasteiger partial charge on any atom is -0.343 e. The predicted molar refractivity (Wildman–Crippen MR) is 89.0 cm³/mol. The number of rotatable bonds is 5. The second-order valence-electron chi connectivity index (χ2n) is 4.40. The number of carbonyl (C=O) groups excluding carboxylic acids is 2. The van der Waals surface area contributed by atoms with E-state index in [1.165, 1.54) is 17.4 Å². The molecule has 0 bridgehead atoms. The molecule has 2 N–H and O–H groups in total. The van der Waals surface area contributed by atoms with Gasteiger partial charge in [-0.3, -0.25) is 9.59 Å². The molecule has 0 aliphatic heterocycles. The van der Waals surface area contributed by atoms with Crippen LogP contribution in [0.25, 0.3) is 6.08 Å². The number of aryl methyl sites for hydroxylation is 1. The number of anilines is 1. The maximum Gasteiger partial charge on any atom is 0.244 e. The quantitative estimate of drug-likeness (QED) is 0.825. The van der Waals surface area contributed by atoms with Crippen LogP contribution >= 0.6 is 22.9 Å². The zero-order valence-corrected chi connectivity index (χ0v) is 13.4. The van der Waals surface area contributed by atoms with Gasteiger partial charge in [-0.1, -0.05) is 11.6 Å². The van der Waals surface area contributed by atoms with Gasteiger partial charge in [0.1, 0.15) is 0 Å². The van der Waals surface area contributed by atoms with Gasteiger partial charge in [0.05, 0.1) is 17.2 Å². The van der Waals surface area contributed by atoms with Crippen LogP contribution in [-0.4, -0.2) is 23.3 Å². The van der Waals surface area contributed by atoms with E-state index < -0.39 is 0 Å². The molecule has 0 atom stereocenters. The third-order valence-electron chi connectivity index (χ3n) is 2.59. The molecule has 2 aromatic rings. The number of nitrogens with one attached hydrogen (secondary N) is 2. The second kappa shape index (κ2) is 7.72. The number of aromatic nitrogens is 1. The summed E-state index contributed by atoms with van der Waals surface area (Å²) in [5.41, 5.74) is 1.35. The summed E-state index contributed by atoms with van der Waals surface area (Å²) < 4.78 is 0. The minimum atomic E-state index is -0.350. The van der Waals surface area contributed by atoms with Crippen molar-refractivity contribution in [2.45, 2.75) is 6.92 Å². The zero-order chi connectivity index (χ0) is 15.9. The molecule has 0 unspecified atom stereocenters. The number of carbonyl (C=O) groups is 2. The van der Waals surface area contributed by atoms with Crippen molar-refractivity contribution < 1.29 is 9.59 Å². The molecule has 0 aliphatic carbocycles. The predicted octanol–water partition coefficient (Wildman–Crippen LogP) is 2.87. The van der Waals surface area contributed by atoms with Crippen molar-refractivity contribution in [3.05, 3.63) is 51.4 Å². The van der Waals surface area contributed by atoms with Crippen molar-refractivity contribution in [1.82, 2.24) is 10.3 Å². The molecule has 114 valence electrons. The third kappa shape index (κ3) is 5.31. The number of thiazole rings is 1. The fraction of sp³-hybridized carbons (Fsp3) is 0.133. The Balaban J connectivity index is 1.77. The number of amides is 2. The van der Waals surface area contributed by atoms with Gasteiger partial charge in [-0.15, -0.1) is 11.3 Å². The van der Waals surface area contributed by atoms with E-state index in [1.807, 2.05) is 12.3 Å². The minimum absolute atomic E-state index is 0.109. The molecule has 7 heteroatoms. The van der Waals surface area contributed by atoms with Crippen molar-refractivity contribution in [1.29, 1.82) is 0 Å². The summed E-state index contributed by atoms with van der Waals surface area (Å²) in [5.74, 6) is -0.662. The number of halogens is 1. The van der Waals surface area contributed by atoms with Crippen molar-refractivity contribution in [2.75, 3.05) is 11.9 Å². The van der Waals surface area contributed by atoms with E-state index in [0.29, 0.717) is 10.7 Å². The Morgan fingerprint density at radius 3 is 2.68 bits per heavy atom. The summed E-state index contributed by atoms with van der Waals surface area (Å²) in [7, 11) is 0. The summed E-state index contributed by atoms with van der Waals surface area (Å²) in [6, 6.07) is 6.72. The van der Waals surface area contributed by atoms with Gasteiger partial charge in [0.25, 0.3) is 0 Å². The van der Waals surface area contributed by atoms with Gasteiger partial charge in [-0.05, 0) is 37.3 Å². The Labute approximate surface area is 137 Å². The third-order valence-corrected chi connectivity index (χ3v) is 3.64. The molecular formula is C15H14ClN3O2S. The maximum atomic E-state index is 11.7. The Morgan fingerprint density at radius 2 is 2.05 bits per heavy atom. The summed E-state index contributed by atoms with van der Waals surface area (Å²) in [6.07, 6.45) is 2.96. The van der Waals surface area contributed by atoms with Crippen molar-refractivity contribution in [2.24, 2.45) is 0 Å². The number of nitrogens with zero attached hydrogens (tertiary/aromatic N) is 1. The number of benzene rings is 1. The topological polar surface area (TPSA) is 71.1 Å². The van der Waals surface area contributed by atoms with Gasteiger partial charge in [0.2, 0.25) is 11.8 Å². The summed E-state index contributed by atoms with van der Waals surface area (Å²) in [6.45, 7) is 1.78. The fourth-order valence-corrected chi connectivity index (χ4v) is 2.29. The molecule has 2 amide bonds. The molecular weight excluding hydrogens is 322 g/mol. The monoisotopic (exact) mass is 335 g/mol. The average molecular weight is 336 g/mol. The molecule has 0 saturated heterocycles. The Bertz CT molecular complexity index is 695. The van der Waals surface area contributed by atoms with Crippen molar-refractivity contribution >= 4 is 46.5 Å². The fourth-order valence-electron chi connectivity index (χ4n) is 1.58. The van der Waals surface area contributed by atoms with E-state index in [1.54, 1.807) is 30.3 Å². The van der Waals surface area contributed by atoms with Crippen LogP contribution in [0.3, 0.4) is 0 Å². The first-order chi connectivity index (χ1) is 10.5. The van der Waals surface area contributed by atoms with Crippen LogP contribution < -0.4 is 10.6 Å². The van der Waals surface area contributed by atoms with E-state index in [0.717, 1.165) is 10.7 Å². The lowest BCUT2D eigenvalue weighted by Gasteiger charge is -2.05. The van der Waals surface area contributed by atoms with E-state index in [4.69, 9.17) is 11.6 Å². The molecule has 1 aromatic carbocycles. The Hall–Kier alpha value is -2.18. The van der Waals surface area contributed by atoms with E-state index in [9.17, 15) is 9.59 Å². The van der Waals surface area contributed by atoms with Gasteiger partial charge < -0.3 is 10.6 Å². The van der Waals surface area contributed by atoms with E-state index in [2.05, 4.69) is 15.6 Å². The highest BCUT2D eigenvalue weighted by Crippen LogP contribution is 2.13. The van der Waals surface area contributed by atoms with Crippen LogP contribution in [0.5, 0.6) is 0 Å². The summed E-state index contributed by atoms with van der Waals surface area (Å²) >= 11 is 7.26. The molecule has 22 heavy (non-hydrogen) atoms. The van der Waals surface area contributed by atoms with Gasteiger partial charge in [0.15, 0.2) is 0 Å². The lowest BCUT2D eigenvalue weighted by molar-refractivity contribution is -0.121. The van der Waals surface area contributed by atoms with Crippen molar-refractivity contribution in [3.63, 3.8) is 0 Å². The molecule has 0 saturated carbocycles. The molecule has 1 aromatic heterocycles. The summed E-state index contributed by atoms with van der Waals surface area (Å²) in [4.78, 5) is 27.5. The first-order valence-corrected chi connectivity index (χ1v) is 7.72. The summed E-state index contributed by atoms with van der Waals surface area (Å²) in [5, 5.41) is 8.54. The zero-order valence-electron chi connectivity index (χ0n) is 11.8. The lowest BCUT2D eigenvalue weighted by Crippen LogP contribution is -2.31. The first-order valence-electron chi connectivity index (χ1n) is 6.46. The highest BCUT2D eigenvalue weighted by Gasteiger charge is 2.04. The molecule has 0 spiro atoms. The van der Waals surface area contributed by atoms with Crippen LogP contribution in [0.4, 0.5) is 5.69 Å². The maximum absolute atomic E-state index is 11.7. The smallest absolute Gasteiger partial charge is 0.244 e. The van der Waals surface area contributed by atoms with E-state index >= 15 is 0 Å². The molecule has 0 radical (unpaired) electrons. The van der Waals surface area contributed by atoms with Crippen LogP contribution in [-0.2, 0) is 9.59 Å². The lowest BCUT2D eigenvalue weighted by atomic mass is 10.3. The normalized spacial score (nSPS) is 10.6. The standard InChI is InChI=1S/C15H14ClN3O2S/c1-10-18-13(9-22-10)6-7-14(20)17-8-15(21)19-12-4-2-11(16)3-5-12/h2-7,9H,8H2,1H3,(H,17,20)(H,19,21). The molecule has 0 aliphatic rings. The molecule has 5 nitrogen and oxygen atoms in total. The molecule has 1 heterocycles. The van der Waals surface area contributed by atoms with Crippen LogP contribution in [0.1, 0.15) is 10.7 Å². The average Bonchev–Trinajstić information content (AvgIpc) is 2.91. The van der Waals surface area contributed by atoms with Gasteiger partial charge in [-0.2, -0.15) is 0 Å². The van der Waals surface area contributed by atoms with Crippen molar-refractivity contribution in [3.8, 4) is 0 Å². The SMILES string of the molecule is Cc1nc(C=CC(=O)NCC(=O)Nc2ccc(Cl)cc2)cs1. The Morgan fingerprint density at radius 1 is 1.32 bits per heavy atom. The Kier molecular flexibility index (Phi) is 5.68. The van der Waals surface area contributed by atoms with Crippen LogP contribution in [0, 0.1) is 6.92 Å². The molecule has 2 rings (SSSR count). The van der Waals surface area contributed by atoms with Crippen LogP contribution in [0.2, 0.25) is 5.02 Å². The van der Waals surface area contributed by atoms with E-state index in [-0.39, 0.29) is 18.4 Å². The highest BCUT2D eigenvalue weighted by atomic mass is 35.5.